The number of anilines is 2. The van der Waals surface area contributed by atoms with Crippen LogP contribution in [0.15, 0.2) is 18.2 Å². The van der Waals surface area contributed by atoms with Gasteiger partial charge in [0, 0.05) is 56.6 Å². The van der Waals surface area contributed by atoms with Gasteiger partial charge in [0.25, 0.3) is 0 Å². The number of aromatic nitrogens is 2. The first-order valence-corrected chi connectivity index (χ1v) is 10.9. The van der Waals surface area contributed by atoms with Crippen molar-refractivity contribution in [3.05, 3.63) is 40.6 Å². The van der Waals surface area contributed by atoms with E-state index in [0.717, 1.165) is 75.5 Å². The molecule has 0 spiro atoms. The standard InChI is InChI=1S/C23H27N5O2/c1-16(29)26-10-6-21-20(15-26)23(25-28(21)19-7-11-30-12-8-19)27-9-2-3-18-5-4-17(14-24)13-22(18)27/h4-5,13,19H,2-3,6-12,15H2,1H3. The van der Waals surface area contributed by atoms with Crippen LogP contribution in [0, 0.1) is 11.3 Å². The van der Waals surface area contributed by atoms with E-state index in [-0.39, 0.29) is 5.91 Å². The lowest BCUT2D eigenvalue weighted by atomic mass is 9.98. The number of carbonyl (C=O) groups excluding carboxylic acids is 1. The fraction of sp³-hybridized carbons (Fsp3) is 0.522. The van der Waals surface area contributed by atoms with Gasteiger partial charge in [-0.05, 0) is 43.4 Å². The fourth-order valence-electron chi connectivity index (χ4n) is 5.01. The molecule has 0 bridgehead atoms. The van der Waals surface area contributed by atoms with Crippen LogP contribution < -0.4 is 4.90 Å². The minimum absolute atomic E-state index is 0.108. The average molecular weight is 406 g/mol. The third-order valence-electron chi connectivity index (χ3n) is 6.64. The summed E-state index contributed by atoms with van der Waals surface area (Å²) in [6.07, 6.45) is 4.84. The van der Waals surface area contributed by atoms with E-state index in [1.165, 1.54) is 11.3 Å². The number of hydrogen-bond acceptors (Lipinski definition) is 5. The van der Waals surface area contributed by atoms with E-state index >= 15 is 0 Å². The van der Waals surface area contributed by atoms with Crippen molar-refractivity contribution in [1.29, 1.82) is 5.26 Å². The Bertz CT molecular complexity index is 1020. The van der Waals surface area contributed by atoms with E-state index in [1.807, 2.05) is 17.0 Å². The molecule has 3 aliphatic heterocycles. The van der Waals surface area contributed by atoms with Crippen molar-refractivity contribution < 1.29 is 9.53 Å². The maximum Gasteiger partial charge on any atom is 0.219 e. The number of benzene rings is 1. The number of amides is 1. The number of fused-ring (bicyclic) bond motifs is 2. The third kappa shape index (κ3) is 3.25. The molecule has 1 saturated heterocycles. The van der Waals surface area contributed by atoms with E-state index in [0.29, 0.717) is 18.2 Å². The van der Waals surface area contributed by atoms with E-state index in [1.54, 1.807) is 6.92 Å². The van der Waals surface area contributed by atoms with Gasteiger partial charge in [0.05, 0.1) is 24.2 Å². The minimum atomic E-state index is 0.108. The Labute approximate surface area is 176 Å². The summed E-state index contributed by atoms with van der Waals surface area (Å²) in [7, 11) is 0. The number of carbonyl (C=O) groups is 1. The second-order valence-corrected chi connectivity index (χ2v) is 8.44. The molecule has 5 rings (SSSR count). The van der Waals surface area contributed by atoms with E-state index in [4.69, 9.17) is 9.84 Å². The topological polar surface area (TPSA) is 74.4 Å². The van der Waals surface area contributed by atoms with Gasteiger partial charge >= 0.3 is 0 Å². The summed E-state index contributed by atoms with van der Waals surface area (Å²) in [6, 6.07) is 8.58. The van der Waals surface area contributed by atoms with Crippen molar-refractivity contribution in [3.63, 3.8) is 0 Å². The van der Waals surface area contributed by atoms with Crippen LogP contribution in [0.1, 0.15) is 54.6 Å². The number of nitriles is 1. The van der Waals surface area contributed by atoms with Crippen molar-refractivity contribution in [2.24, 2.45) is 0 Å². The number of hydrogen-bond donors (Lipinski definition) is 0. The molecule has 1 amide bonds. The molecule has 0 unspecified atom stereocenters. The zero-order valence-corrected chi connectivity index (χ0v) is 17.4. The van der Waals surface area contributed by atoms with Gasteiger partial charge in [-0.2, -0.15) is 10.4 Å². The molecule has 156 valence electrons. The largest absolute Gasteiger partial charge is 0.381 e. The molecule has 0 aliphatic carbocycles. The summed E-state index contributed by atoms with van der Waals surface area (Å²) in [6.45, 7) is 5.40. The molecule has 0 radical (unpaired) electrons. The highest BCUT2D eigenvalue weighted by atomic mass is 16.5. The average Bonchev–Trinajstić information content (AvgIpc) is 3.17. The quantitative estimate of drug-likeness (QED) is 0.768. The summed E-state index contributed by atoms with van der Waals surface area (Å²) in [4.78, 5) is 16.3. The number of ether oxygens (including phenoxy) is 1. The Morgan fingerprint density at radius 2 is 2.07 bits per heavy atom. The first-order valence-electron chi connectivity index (χ1n) is 10.9. The summed E-state index contributed by atoms with van der Waals surface area (Å²) in [5.41, 5.74) is 5.44. The lowest BCUT2D eigenvalue weighted by Gasteiger charge is -2.32. The second kappa shape index (κ2) is 7.77. The molecular weight excluding hydrogens is 378 g/mol. The maximum absolute atomic E-state index is 12.1. The Kier molecular flexibility index (Phi) is 4.95. The summed E-state index contributed by atoms with van der Waals surface area (Å²) < 4.78 is 7.80. The number of rotatable bonds is 2. The van der Waals surface area contributed by atoms with Crippen molar-refractivity contribution in [1.82, 2.24) is 14.7 Å². The van der Waals surface area contributed by atoms with E-state index in [9.17, 15) is 10.1 Å². The van der Waals surface area contributed by atoms with Gasteiger partial charge in [-0.1, -0.05) is 6.07 Å². The van der Waals surface area contributed by atoms with Gasteiger partial charge < -0.3 is 14.5 Å². The molecule has 0 N–H and O–H groups in total. The van der Waals surface area contributed by atoms with Crippen LogP contribution in [0.5, 0.6) is 0 Å². The van der Waals surface area contributed by atoms with Crippen LogP contribution in [0.4, 0.5) is 11.5 Å². The number of aryl methyl sites for hydroxylation is 1. The molecule has 3 aliphatic rings. The molecule has 4 heterocycles. The predicted molar refractivity (Wildman–Crippen MR) is 113 cm³/mol. The van der Waals surface area contributed by atoms with Gasteiger partial charge in [-0.25, -0.2) is 0 Å². The van der Waals surface area contributed by atoms with Gasteiger partial charge in [-0.15, -0.1) is 0 Å². The highest BCUT2D eigenvalue weighted by molar-refractivity contribution is 5.75. The molecular formula is C23H27N5O2. The lowest BCUT2D eigenvalue weighted by Crippen LogP contribution is -2.36. The molecule has 1 aromatic heterocycles. The van der Waals surface area contributed by atoms with Crippen LogP contribution in [0.25, 0.3) is 0 Å². The first-order chi connectivity index (χ1) is 14.7. The predicted octanol–water partition coefficient (Wildman–Crippen LogP) is 3.10. The molecule has 2 aromatic rings. The lowest BCUT2D eigenvalue weighted by molar-refractivity contribution is -0.129. The van der Waals surface area contributed by atoms with Gasteiger partial charge in [0.2, 0.25) is 5.91 Å². The molecule has 0 atom stereocenters. The fourth-order valence-corrected chi connectivity index (χ4v) is 5.01. The highest BCUT2D eigenvalue weighted by Crippen LogP contribution is 2.39. The smallest absolute Gasteiger partial charge is 0.219 e. The zero-order valence-electron chi connectivity index (χ0n) is 17.4. The van der Waals surface area contributed by atoms with Crippen LogP contribution in [0.2, 0.25) is 0 Å². The summed E-state index contributed by atoms with van der Waals surface area (Å²) in [5, 5.41) is 14.6. The monoisotopic (exact) mass is 405 g/mol. The Morgan fingerprint density at radius 1 is 1.23 bits per heavy atom. The molecule has 30 heavy (non-hydrogen) atoms. The van der Waals surface area contributed by atoms with Crippen molar-refractivity contribution >= 4 is 17.4 Å². The second-order valence-electron chi connectivity index (χ2n) is 8.44. The highest BCUT2D eigenvalue weighted by Gasteiger charge is 2.33. The van der Waals surface area contributed by atoms with Crippen molar-refractivity contribution in [2.45, 2.75) is 51.6 Å². The van der Waals surface area contributed by atoms with Crippen LogP contribution in [0.3, 0.4) is 0 Å². The normalized spacial score (nSPS) is 19.2. The maximum atomic E-state index is 12.1. The third-order valence-corrected chi connectivity index (χ3v) is 6.64. The molecule has 7 heteroatoms. The Hall–Kier alpha value is -2.85. The zero-order chi connectivity index (χ0) is 20.7. The van der Waals surface area contributed by atoms with Crippen molar-refractivity contribution in [2.75, 3.05) is 31.2 Å². The van der Waals surface area contributed by atoms with Crippen molar-refractivity contribution in [3.8, 4) is 6.07 Å². The minimum Gasteiger partial charge on any atom is -0.381 e. The molecule has 1 aromatic carbocycles. The van der Waals surface area contributed by atoms with Gasteiger partial charge in [0.1, 0.15) is 0 Å². The van der Waals surface area contributed by atoms with Gasteiger partial charge in [-0.3, -0.25) is 9.48 Å². The Balaban J connectivity index is 1.61. The SMILES string of the molecule is CC(=O)N1CCc2c(c(N3CCCc4ccc(C#N)cc43)nn2C2CCOCC2)C1. The molecule has 0 saturated carbocycles. The first kappa shape index (κ1) is 19.1. The molecule has 7 nitrogen and oxygen atoms in total. The number of nitrogens with zero attached hydrogens (tertiary/aromatic N) is 5. The van der Waals surface area contributed by atoms with Crippen LogP contribution in [-0.4, -0.2) is 46.9 Å². The Morgan fingerprint density at radius 3 is 2.83 bits per heavy atom. The van der Waals surface area contributed by atoms with Crippen LogP contribution >= 0.6 is 0 Å². The summed E-state index contributed by atoms with van der Waals surface area (Å²) >= 11 is 0. The molecule has 1 fully saturated rings. The van der Waals surface area contributed by atoms with Gasteiger partial charge in [0.15, 0.2) is 5.82 Å². The summed E-state index contributed by atoms with van der Waals surface area (Å²) in [5.74, 6) is 1.06. The van der Waals surface area contributed by atoms with Crippen LogP contribution in [-0.2, 0) is 28.9 Å². The van der Waals surface area contributed by atoms with E-state index in [2.05, 4.69) is 21.7 Å². The van der Waals surface area contributed by atoms with E-state index < -0.39 is 0 Å².